The number of amides is 2. The van der Waals surface area contributed by atoms with Crippen LogP contribution < -0.4 is 15.4 Å². The number of hydrogen-bond donors (Lipinski definition) is 2. The summed E-state index contributed by atoms with van der Waals surface area (Å²) >= 11 is 0. The van der Waals surface area contributed by atoms with Crippen molar-refractivity contribution in [1.82, 2.24) is 10.6 Å². The third-order valence-electron chi connectivity index (χ3n) is 4.23. The first kappa shape index (κ1) is 21.2. The van der Waals surface area contributed by atoms with Gasteiger partial charge in [0.25, 0.3) is 5.91 Å². The van der Waals surface area contributed by atoms with Gasteiger partial charge in [0, 0.05) is 25.2 Å². The molecule has 2 N–H and O–H groups in total. The Hall–Kier alpha value is -3.08. The van der Waals surface area contributed by atoms with Gasteiger partial charge in [0.15, 0.2) is 0 Å². The van der Waals surface area contributed by atoms with Gasteiger partial charge in [-0.15, -0.1) is 0 Å². The maximum Gasteiger partial charge on any atom is 0.251 e. The van der Waals surface area contributed by atoms with E-state index in [1.54, 1.807) is 37.4 Å². The molecule has 0 aliphatic rings. The van der Waals surface area contributed by atoms with Crippen LogP contribution in [0.25, 0.3) is 6.08 Å². The number of hydrogen-bond acceptors (Lipinski definition) is 3. The Bertz CT molecular complexity index is 780. The predicted molar refractivity (Wildman–Crippen MR) is 112 cm³/mol. The van der Waals surface area contributed by atoms with E-state index in [9.17, 15) is 9.59 Å². The molecule has 0 aromatic heterocycles. The standard InChI is InChI=1S/C23H28N2O3/c1-3-4-17-28-21-12-7-19(8-13-21)15-16-25-22(26)14-9-18-5-10-20(11-6-18)23(27)24-2/h5-14H,3-4,15-17H2,1-2H3,(H,24,27)(H,25,26)/b14-9+. The van der Waals surface area contributed by atoms with Gasteiger partial charge in [-0.25, -0.2) is 0 Å². The largest absolute Gasteiger partial charge is 0.494 e. The minimum atomic E-state index is -0.144. The van der Waals surface area contributed by atoms with E-state index in [0.29, 0.717) is 12.1 Å². The molecule has 0 fully saturated rings. The molecule has 0 spiro atoms. The molecule has 2 aromatic carbocycles. The van der Waals surface area contributed by atoms with Gasteiger partial charge < -0.3 is 15.4 Å². The molecule has 0 unspecified atom stereocenters. The summed E-state index contributed by atoms with van der Waals surface area (Å²) in [5.41, 5.74) is 2.60. The topological polar surface area (TPSA) is 67.4 Å². The van der Waals surface area contributed by atoms with E-state index in [1.807, 2.05) is 24.3 Å². The number of rotatable bonds is 10. The van der Waals surface area contributed by atoms with Gasteiger partial charge in [-0.05, 0) is 54.3 Å². The third-order valence-corrected chi connectivity index (χ3v) is 4.23. The summed E-state index contributed by atoms with van der Waals surface area (Å²) in [5.74, 6) is 0.607. The van der Waals surface area contributed by atoms with Crippen LogP contribution in [0.3, 0.4) is 0 Å². The summed E-state index contributed by atoms with van der Waals surface area (Å²) in [7, 11) is 1.59. The van der Waals surface area contributed by atoms with Crippen molar-refractivity contribution in [3.05, 3.63) is 71.3 Å². The van der Waals surface area contributed by atoms with Gasteiger partial charge in [-0.2, -0.15) is 0 Å². The number of carbonyl (C=O) groups is 2. The summed E-state index contributed by atoms with van der Waals surface area (Å²) in [6, 6.07) is 15.0. The van der Waals surface area contributed by atoms with Crippen LogP contribution in [0.15, 0.2) is 54.6 Å². The first-order valence-corrected chi connectivity index (χ1v) is 9.62. The monoisotopic (exact) mass is 380 g/mol. The van der Waals surface area contributed by atoms with Crippen molar-refractivity contribution in [2.24, 2.45) is 0 Å². The van der Waals surface area contributed by atoms with E-state index in [-0.39, 0.29) is 11.8 Å². The highest BCUT2D eigenvalue weighted by Gasteiger charge is 2.02. The van der Waals surface area contributed by atoms with Crippen molar-refractivity contribution in [3.63, 3.8) is 0 Å². The zero-order chi connectivity index (χ0) is 20.2. The summed E-state index contributed by atoms with van der Waals surface area (Å²) in [4.78, 5) is 23.5. The molecule has 5 heteroatoms. The Labute approximate surface area is 166 Å². The van der Waals surface area contributed by atoms with Crippen LogP contribution in [-0.4, -0.2) is 32.0 Å². The molecule has 0 aliphatic carbocycles. The van der Waals surface area contributed by atoms with Gasteiger partial charge in [0.2, 0.25) is 5.91 Å². The van der Waals surface area contributed by atoms with Crippen LogP contribution in [0.1, 0.15) is 41.3 Å². The average molecular weight is 380 g/mol. The summed E-state index contributed by atoms with van der Waals surface area (Å²) in [6.45, 7) is 3.45. The highest BCUT2D eigenvalue weighted by molar-refractivity contribution is 5.94. The zero-order valence-electron chi connectivity index (χ0n) is 16.5. The predicted octanol–water partition coefficient (Wildman–Crippen LogP) is 3.60. The van der Waals surface area contributed by atoms with Gasteiger partial charge >= 0.3 is 0 Å². The molecule has 0 aliphatic heterocycles. The molecule has 0 heterocycles. The number of unbranched alkanes of at least 4 members (excludes halogenated alkanes) is 1. The SMILES string of the molecule is CCCCOc1ccc(CCNC(=O)/C=C/c2ccc(C(=O)NC)cc2)cc1. The highest BCUT2D eigenvalue weighted by atomic mass is 16.5. The van der Waals surface area contributed by atoms with Crippen molar-refractivity contribution in [2.45, 2.75) is 26.2 Å². The maximum atomic E-state index is 11.9. The first-order valence-electron chi connectivity index (χ1n) is 9.62. The second-order valence-corrected chi connectivity index (χ2v) is 6.42. The lowest BCUT2D eigenvalue weighted by Gasteiger charge is -2.07. The average Bonchev–Trinajstić information content (AvgIpc) is 2.73. The molecule has 28 heavy (non-hydrogen) atoms. The summed E-state index contributed by atoms with van der Waals surface area (Å²) < 4.78 is 5.64. The summed E-state index contributed by atoms with van der Waals surface area (Å²) in [5, 5.41) is 5.45. The van der Waals surface area contributed by atoms with Gasteiger partial charge in [-0.1, -0.05) is 37.6 Å². The Morgan fingerprint density at radius 1 is 1.04 bits per heavy atom. The molecule has 0 radical (unpaired) electrons. The zero-order valence-corrected chi connectivity index (χ0v) is 16.5. The Morgan fingerprint density at radius 3 is 2.39 bits per heavy atom. The van der Waals surface area contributed by atoms with E-state index in [4.69, 9.17) is 4.74 Å². The Kier molecular flexibility index (Phi) is 8.79. The lowest BCUT2D eigenvalue weighted by Crippen LogP contribution is -2.23. The van der Waals surface area contributed by atoms with E-state index in [0.717, 1.165) is 42.7 Å². The van der Waals surface area contributed by atoms with E-state index in [1.165, 1.54) is 6.08 Å². The molecule has 5 nitrogen and oxygen atoms in total. The smallest absolute Gasteiger partial charge is 0.251 e. The van der Waals surface area contributed by atoms with Crippen LogP contribution in [0, 0.1) is 0 Å². The van der Waals surface area contributed by atoms with Crippen LogP contribution in [-0.2, 0) is 11.2 Å². The second kappa shape index (κ2) is 11.6. The molecule has 148 valence electrons. The summed E-state index contributed by atoms with van der Waals surface area (Å²) in [6.07, 6.45) is 6.16. The molecular formula is C23H28N2O3. The second-order valence-electron chi connectivity index (χ2n) is 6.42. The number of ether oxygens (including phenoxy) is 1. The third kappa shape index (κ3) is 7.27. The molecule has 2 rings (SSSR count). The van der Waals surface area contributed by atoms with Gasteiger partial charge in [-0.3, -0.25) is 9.59 Å². The minimum Gasteiger partial charge on any atom is -0.494 e. The van der Waals surface area contributed by atoms with E-state index < -0.39 is 0 Å². The van der Waals surface area contributed by atoms with Crippen molar-refractivity contribution in [1.29, 1.82) is 0 Å². The fraction of sp³-hybridized carbons (Fsp3) is 0.304. The van der Waals surface area contributed by atoms with Crippen LogP contribution in [0.4, 0.5) is 0 Å². The minimum absolute atomic E-state index is 0.131. The lowest BCUT2D eigenvalue weighted by molar-refractivity contribution is -0.116. The van der Waals surface area contributed by atoms with Crippen molar-refractivity contribution in [3.8, 4) is 5.75 Å². The quantitative estimate of drug-likeness (QED) is 0.489. The fourth-order valence-corrected chi connectivity index (χ4v) is 2.54. The number of benzene rings is 2. The molecule has 2 amide bonds. The molecule has 0 saturated carbocycles. The van der Waals surface area contributed by atoms with Gasteiger partial charge in [0.05, 0.1) is 6.61 Å². The van der Waals surface area contributed by atoms with Crippen LogP contribution in [0.5, 0.6) is 5.75 Å². The molecule has 2 aromatic rings. The Morgan fingerprint density at radius 2 is 1.75 bits per heavy atom. The van der Waals surface area contributed by atoms with Crippen LogP contribution >= 0.6 is 0 Å². The van der Waals surface area contributed by atoms with Crippen molar-refractivity contribution < 1.29 is 14.3 Å². The molecule has 0 bridgehead atoms. The number of nitrogens with one attached hydrogen (secondary N) is 2. The molecule has 0 saturated heterocycles. The maximum absolute atomic E-state index is 11.9. The normalized spacial score (nSPS) is 10.6. The fourth-order valence-electron chi connectivity index (χ4n) is 2.54. The van der Waals surface area contributed by atoms with Crippen molar-refractivity contribution >= 4 is 17.9 Å². The molecular weight excluding hydrogens is 352 g/mol. The van der Waals surface area contributed by atoms with Crippen molar-refractivity contribution in [2.75, 3.05) is 20.2 Å². The highest BCUT2D eigenvalue weighted by Crippen LogP contribution is 2.13. The number of carbonyl (C=O) groups excluding carboxylic acids is 2. The van der Waals surface area contributed by atoms with Crippen LogP contribution in [0.2, 0.25) is 0 Å². The first-order chi connectivity index (χ1) is 13.6. The van der Waals surface area contributed by atoms with Gasteiger partial charge in [0.1, 0.15) is 5.75 Å². The lowest BCUT2D eigenvalue weighted by atomic mass is 10.1. The van der Waals surface area contributed by atoms with E-state index in [2.05, 4.69) is 17.6 Å². The Balaban J connectivity index is 1.73. The molecule has 0 atom stereocenters. The van der Waals surface area contributed by atoms with E-state index >= 15 is 0 Å².